The van der Waals surface area contributed by atoms with Crippen molar-refractivity contribution in [1.29, 1.82) is 0 Å². The van der Waals surface area contributed by atoms with Crippen molar-refractivity contribution in [1.82, 2.24) is 14.5 Å². The number of hydrogen-bond acceptors (Lipinski definition) is 4. The van der Waals surface area contributed by atoms with Crippen molar-refractivity contribution in [2.24, 2.45) is 0 Å². The summed E-state index contributed by atoms with van der Waals surface area (Å²) in [6, 6.07) is 2.01. The molecule has 0 unspecified atom stereocenters. The maximum absolute atomic E-state index is 10.9. The van der Waals surface area contributed by atoms with E-state index in [9.17, 15) is 4.79 Å². The van der Waals surface area contributed by atoms with Crippen molar-refractivity contribution in [2.45, 2.75) is 25.5 Å². The summed E-state index contributed by atoms with van der Waals surface area (Å²) >= 11 is 6.02. The molecule has 3 rings (SSSR count). The van der Waals surface area contributed by atoms with Gasteiger partial charge >= 0.3 is 5.97 Å². The molecule has 98 valence electrons. The maximum atomic E-state index is 10.9. The van der Waals surface area contributed by atoms with Gasteiger partial charge in [-0.3, -0.25) is 4.79 Å². The molecule has 0 spiro atoms. The average molecular weight is 278 g/mol. The second-order valence-corrected chi connectivity index (χ2v) is 4.82. The molecule has 1 aliphatic carbocycles. The number of aromatic nitrogens is 3. The van der Waals surface area contributed by atoms with E-state index in [0.29, 0.717) is 11.6 Å². The van der Waals surface area contributed by atoms with Crippen LogP contribution < -0.4 is 0 Å². The number of nitrogens with zero attached hydrogens (tertiary/aromatic N) is 3. The third-order valence-electron chi connectivity index (χ3n) is 3.16. The highest BCUT2D eigenvalue weighted by molar-refractivity contribution is 6.33. The number of halogens is 1. The lowest BCUT2D eigenvalue weighted by Gasteiger charge is -2.14. The molecule has 0 bridgehead atoms. The minimum absolute atomic E-state index is 0.118. The predicted octanol–water partition coefficient (Wildman–Crippen LogP) is 2.52. The number of fused-ring (bicyclic) bond motifs is 1. The summed E-state index contributed by atoms with van der Waals surface area (Å²) in [5.41, 5.74) is 0.790. The van der Waals surface area contributed by atoms with Gasteiger partial charge < -0.3 is 9.30 Å². The molecule has 0 fully saturated rings. The van der Waals surface area contributed by atoms with E-state index in [2.05, 4.69) is 9.97 Å². The normalized spacial score (nSPS) is 22.0. The zero-order valence-corrected chi connectivity index (χ0v) is 11.0. The molecule has 0 aromatic carbocycles. The SMILES string of the molecule is CC(=O)O[C@H]1C=C[C@H](n2ccc3c(Cl)ncnc32)C1. The van der Waals surface area contributed by atoms with Gasteiger partial charge in [0.05, 0.1) is 11.4 Å². The number of carbonyl (C=O) groups excluding carboxylic acids is 1. The summed E-state index contributed by atoms with van der Waals surface area (Å²) in [5.74, 6) is -0.266. The van der Waals surface area contributed by atoms with Crippen LogP contribution in [0.1, 0.15) is 19.4 Å². The molecule has 0 saturated carbocycles. The molecular weight excluding hydrogens is 266 g/mol. The minimum Gasteiger partial charge on any atom is -0.458 e. The van der Waals surface area contributed by atoms with Crippen molar-refractivity contribution in [3.05, 3.63) is 35.9 Å². The summed E-state index contributed by atoms with van der Waals surface area (Å²) in [4.78, 5) is 19.2. The van der Waals surface area contributed by atoms with Crippen molar-refractivity contribution >= 4 is 28.6 Å². The molecule has 6 heteroatoms. The smallest absolute Gasteiger partial charge is 0.303 e. The molecule has 2 heterocycles. The predicted molar refractivity (Wildman–Crippen MR) is 70.9 cm³/mol. The van der Waals surface area contributed by atoms with Crippen LogP contribution >= 0.6 is 11.6 Å². The van der Waals surface area contributed by atoms with Crippen LogP contribution in [0.2, 0.25) is 5.15 Å². The van der Waals surface area contributed by atoms with Crippen LogP contribution in [0, 0.1) is 0 Å². The Balaban J connectivity index is 1.89. The molecule has 0 N–H and O–H groups in total. The van der Waals surface area contributed by atoms with E-state index in [1.54, 1.807) is 0 Å². The Morgan fingerprint density at radius 3 is 3.11 bits per heavy atom. The zero-order chi connectivity index (χ0) is 13.4. The van der Waals surface area contributed by atoms with Gasteiger partial charge in [-0.05, 0) is 12.1 Å². The summed E-state index contributed by atoms with van der Waals surface area (Å²) < 4.78 is 7.19. The van der Waals surface area contributed by atoms with Gasteiger partial charge in [0.2, 0.25) is 0 Å². The van der Waals surface area contributed by atoms with Crippen molar-refractivity contribution in [2.75, 3.05) is 0 Å². The van der Waals surface area contributed by atoms with Gasteiger partial charge in [0.15, 0.2) is 0 Å². The molecule has 5 nitrogen and oxygen atoms in total. The quantitative estimate of drug-likeness (QED) is 0.481. The Morgan fingerprint density at radius 2 is 2.32 bits per heavy atom. The molecule has 2 atom stereocenters. The summed E-state index contributed by atoms with van der Waals surface area (Å²) in [6.07, 6.45) is 7.84. The van der Waals surface area contributed by atoms with Crippen LogP contribution in [0.5, 0.6) is 0 Å². The number of esters is 1. The highest BCUT2D eigenvalue weighted by Gasteiger charge is 2.23. The maximum Gasteiger partial charge on any atom is 0.303 e. The molecule has 1 aliphatic rings. The number of allylic oxidation sites excluding steroid dienone is 1. The van der Waals surface area contributed by atoms with E-state index in [1.807, 2.05) is 29.0 Å². The monoisotopic (exact) mass is 277 g/mol. The van der Waals surface area contributed by atoms with E-state index in [0.717, 1.165) is 11.0 Å². The third-order valence-corrected chi connectivity index (χ3v) is 3.46. The Bertz CT molecular complexity index is 665. The topological polar surface area (TPSA) is 57.0 Å². The lowest BCUT2D eigenvalue weighted by molar-refractivity contribution is -0.144. The number of ether oxygens (including phenoxy) is 1. The van der Waals surface area contributed by atoms with Crippen molar-refractivity contribution in [3.8, 4) is 0 Å². The first-order chi connectivity index (χ1) is 9.15. The Hall–Kier alpha value is -1.88. The average Bonchev–Trinajstić information content (AvgIpc) is 2.95. The molecule has 0 aliphatic heterocycles. The summed E-state index contributed by atoms with van der Waals surface area (Å²) in [6.45, 7) is 1.42. The van der Waals surface area contributed by atoms with E-state index in [-0.39, 0.29) is 18.1 Å². The second-order valence-electron chi connectivity index (χ2n) is 4.46. The first kappa shape index (κ1) is 12.2. The first-order valence-electron chi connectivity index (χ1n) is 5.98. The first-order valence-corrected chi connectivity index (χ1v) is 6.35. The lowest BCUT2D eigenvalue weighted by Crippen LogP contribution is -2.14. The van der Waals surface area contributed by atoms with Crippen LogP contribution in [0.4, 0.5) is 0 Å². The van der Waals surface area contributed by atoms with Gasteiger partial charge in [-0.15, -0.1) is 0 Å². The highest BCUT2D eigenvalue weighted by atomic mass is 35.5. The Kier molecular flexibility index (Phi) is 2.98. The highest BCUT2D eigenvalue weighted by Crippen LogP contribution is 2.30. The third kappa shape index (κ3) is 2.21. The molecular formula is C13H12ClN3O2. The molecule has 2 aromatic rings. The molecule has 0 saturated heterocycles. The number of carbonyl (C=O) groups is 1. The van der Waals surface area contributed by atoms with Gasteiger partial charge in [-0.2, -0.15) is 0 Å². The molecule has 19 heavy (non-hydrogen) atoms. The Labute approximate surface area is 114 Å². The Morgan fingerprint density at radius 1 is 1.47 bits per heavy atom. The van der Waals surface area contributed by atoms with Gasteiger partial charge in [0, 0.05) is 19.5 Å². The van der Waals surface area contributed by atoms with Crippen LogP contribution in [0.25, 0.3) is 11.0 Å². The van der Waals surface area contributed by atoms with Crippen molar-refractivity contribution < 1.29 is 9.53 Å². The standard InChI is InChI=1S/C13H12ClN3O2/c1-8(18)19-10-3-2-9(6-10)17-5-4-11-12(14)15-7-16-13(11)17/h2-5,7,9-10H,6H2,1H3/t9-,10-/m0/s1. The number of rotatable bonds is 2. The fourth-order valence-corrected chi connectivity index (χ4v) is 2.55. The second kappa shape index (κ2) is 4.66. The van der Waals surface area contributed by atoms with E-state index < -0.39 is 0 Å². The lowest BCUT2D eigenvalue weighted by atomic mass is 10.2. The van der Waals surface area contributed by atoms with Crippen LogP contribution in [-0.4, -0.2) is 26.6 Å². The summed E-state index contributed by atoms with van der Waals surface area (Å²) in [5, 5.41) is 1.27. The van der Waals surface area contributed by atoms with Gasteiger partial charge in [0.1, 0.15) is 23.2 Å². The van der Waals surface area contributed by atoms with E-state index >= 15 is 0 Å². The summed E-state index contributed by atoms with van der Waals surface area (Å²) in [7, 11) is 0. The van der Waals surface area contributed by atoms with Gasteiger partial charge in [0.25, 0.3) is 0 Å². The van der Waals surface area contributed by atoms with Crippen LogP contribution in [-0.2, 0) is 9.53 Å². The van der Waals surface area contributed by atoms with Crippen LogP contribution in [0.3, 0.4) is 0 Å². The molecule has 0 radical (unpaired) electrons. The van der Waals surface area contributed by atoms with Crippen molar-refractivity contribution in [3.63, 3.8) is 0 Å². The largest absolute Gasteiger partial charge is 0.458 e. The van der Waals surface area contributed by atoms with Gasteiger partial charge in [-0.1, -0.05) is 17.7 Å². The van der Waals surface area contributed by atoms with E-state index in [1.165, 1.54) is 13.3 Å². The molecule has 2 aromatic heterocycles. The molecule has 0 amide bonds. The van der Waals surface area contributed by atoms with E-state index in [4.69, 9.17) is 16.3 Å². The fourth-order valence-electron chi connectivity index (χ4n) is 2.36. The minimum atomic E-state index is -0.266. The van der Waals surface area contributed by atoms with Crippen LogP contribution in [0.15, 0.2) is 30.7 Å². The van der Waals surface area contributed by atoms with Gasteiger partial charge in [-0.25, -0.2) is 9.97 Å². The number of hydrogen-bond donors (Lipinski definition) is 0. The fraction of sp³-hybridized carbons (Fsp3) is 0.308. The zero-order valence-electron chi connectivity index (χ0n) is 10.3.